The second-order valence-corrected chi connectivity index (χ2v) is 9.66. The summed E-state index contributed by atoms with van der Waals surface area (Å²) < 4.78 is 42.2. The molecule has 0 heterocycles. The van der Waals surface area contributed by atoms with Crippen LogP contribution in [0.4, 0.5) is 5.69 Å². The van der Waals surface area contributed by atoms with E-state index in [0.717, 1.165) is 16.1 Å². The predicted molar refractivity (Wildman–Crippen MR) is 133 cm³/mol. The highest BCUT2D eigenvalue weighted by atomic mass is 32.2. The van der Waals surface area contributed by atoms with Gasteiger partial charge in [0, 0.05) is 19.2 Å². The SMILES string of the molecule is CCNC(=O)[C@H](C)N(Cc1cccc(OC)c1)C(=O)CN(c1ccc(OC)cc1OC)S(C)(=O)=O. The van der Waals surface area contributed by atoms with Gasteiger partial charge >= 0.3 is 0 Å². The molecule has 1 atom stereocenters. The van der Waals surface area contributed by atoms with Crippen LogP contribution in [0.5, 0.6) is 17.2 Å². The molecular formula is C24H33N3O7S. The Kier molecular flexibility index (Phi) is 9.76. The molecule has 2 aromatic rings. The maximum atomic E-state index is 13.5. The maximum Gasteiger partial charge on any atom is 0.244 e. The van der Waals surface area contributed by atoms with Crippen molar-refractivity contribution >= 4 is 27.5 Å². The fourth-order valence-electron chi connectivity index (χ4n) is 3.46. The second-order valence-electron chi connectivity index (χ2n) is 7.75. The van der Waals surface area contributed by atoms with E-state index in [1.165, 1.54) is 38.4 Å². The molecule has 0 fully saturated rings. The number of sulfonamides is 1. The smallest absolute Gasteiger partial charge is 0.244 e. The monoisotopic (exact) mass is 507 g/mol. The number of hydrogen-bond acceptors (Lipinski definition) is 7. The van der Waals surface area contributed by atoms with Crippen molar-refractivity contribution in [2.45, 2.75) is 26.4 Å². The van der Waals surface area contributed by atoms with Crippen LogP contribution in [-0.4, -0.2) is 71.8 Å². The number of hydrogen-bond donors (Lipinski definition) is 1. The lowest BCUT2D eigenvalue weighted by Crippen LogP contribution is -2.51. The minimum absolute atomic E-state index is 0.0751. The highest BCUT2D eigenvalue weighted by molar-refractivity contribution is 7.92. The van der Waals surface area contributed by atoms with Crippen LogP contribution in [0.2, 0.25) is 0 Å². The number of likely N-dealkylation sites (N-methyl/N-ethyl adjacent to an activating group) is 1. The Morgan fingerprint density at radius 3 is 2.23 bits per heavy atom. The number of amides is 2. The topological polar surface area (TPSA) is 114 Å². The zero-order chi connectivity index (χ0) is 26.2. The maximum absolute atomic E-state index is 13.5. The van der Waals surface area contributed by atoms with Crippen molar-refractivity contribution in [3.8, 4) is 17.2 Å². The number of benzene rings is 2. The number of anilines is 1. The fraction of sp³-hybridized carbons (Fsp3) is 0.417. The minimum Gasteiger partial charge on any atom is -0.497 e. The fourth-order valence-corrected chi connectivity index (χ4v) is 4.31. The molecule has 10 nitrogen and oxygen atoms in total. The van der Waals surface area contributed by atoms with Gasteiger partial charge in [-0.1, -0.05) is 12.1 Å². The van der Waals surface area contributed by atoms with E-state index in [2.05, 4.69) is 5.32 Å². The number of nitrogens with zero attached hydrogens (tertiary/aromatic N) is 2. The largest absolute Gasteiger partial charge is 0.497 e. The van der Waals surface area contributed by atoms with Crippen molar-refractivity contribution in [1.82, 2.24) is 10.2 Å². The molecule has 2 aromatic carbocycles. The second kappa shape index (κ2) is 12.3. The third kappa shape index (κ3) is 7.25. The molecule has 2 rings (SSSR count). The van der Waals surface area contributed by atoms with Crippen molar-refractivity contribution in [2.24, 2.45) is 0 Å². The van der Waals surface area contributed by atoms with Crippen LogP contribution in [0, 0.1) is 0 Å². The zero-order valence-electron chi connectivity index (χ0n) is 20.9. The molecule has 0 aliphatic carbocycles. The van der Waals surface area contributed by atoms with Crippen LogP contribution in [0.1, 0.15) is 19.4 Å². The number of carbonyl (C=O) groups excluding carboxylic acids is 2. The number of rotatable bonds is 12. The van der Waals surface area contributed by atoms with Gasteiger partial charge < -0.3 is 24.4 Å². The molecule has 11 heteroatoms. The van der Waals surface area contributed by atoms with Crippen molar-refractivity contribution in [1.29, 1.82) is 0 Å². The zero-order valence-corrected chi connectivity index (χ0v) is 21.7. The molecule has 192 valence electrons. The van der Waals surface area contributed by atoms with Gasteiger partial charge in [-0.2, -0.15) is 0 Å². The van der Waals surface area contributed by atoms with Crippen molar-refractivity contribution in [3.05, 3.63) is 48.0 Å². The lowest BCUT2D eigenvalue weighted by Gasteiger charge is -2.31. The van der Waals surface area contributed by atoms with Gasteiger partial charge in [0.1, 0.15) is 29.8 Å². The van der Waals surface area contributed by atoms with Gasteiger partial charge in [-0.15, -0.1) is 0 Å². The molecule has 0 aliphatic heterocycles. The highest BCUT2D eigenvalue weighted by Crippen LogP contribution is 2.33. The van der Waals surface area contributed by atoms with Gasteiger partial charge in [0.25, 0.3) is 0 Å². The van der Waals surface area contributed by atoms with Crippen molar-refractivity contribution in [2.75, 3.05) is 45.0 Å². The molecule has 0 saturated carbocycles. The summed E-state index contributed by atoms with van der Waals surface area (Å²) in [5.74, 6) is 0.376. The van der Waals surface area contributed by atoms with Gasteiger partial charge in [0.05, 0.1) is 33.3 Å². The van der Waals surface area contributed by atoms with Gasteiger partial charge in [-0.05, 0) is 43.7 Å². The summed E-state index contributed by atoms with van der Waals surface area (Å²) in [5, 5.41) is 2.71. The van der Waals surface area contributed by atoms with E-state index < -0.39 is 28.5 Å². The Hall–Kier alpha value is -3.47. The number of methoxy groups -OCH3 is 3. The molecule has 1 N–H and O–H groups in total. The Bertz CT molecular complexity index is 1140. The van der Waals surface area contributed by atoms with E-state index in [1.54, 1.807) is 44.2 Å². The van der Waals surface area contributed by atoms with Crippen molar-refractivity contribution in [3.63, 3.8) is 0 Å². The highest BCUT2D eigenvalue weighted by Gasteiger charge is 2.31. The summed E-state index contributed by atoms with van der Waals surface area (Å²) in [6.45, 7) is 3.31. The number of nitrogens with one attached hydrogen (secondary N) is 1. The molecule has 0 radical (unpaired) electrons. The molecule has 0 spiro atoms. The minimum atomic E-state index is -3.89. The first-order valence-electron chi connectivity index (χ1n) is 11.0. The van der Waals surface area contributed by atoms with E-state index in [0.29, 0.717) is 18.0 Å². The average Bonchev–Trinajstić information content (AvgIpc) is 2.84. The van der Waals surface area contributed by atoms with E-state index >= 15 is 0 Å². The van der Waals surface area contributed by atoms with Crippen LogP contribution in [0.15, 0.2) is 42.5 Å². The predicted octanol–water partition coefficient (Wildman–Crippen LogP) is 2.03. The van der Waals surface area contributed by atoms with Crippen LogP contribution in [0.25, 0.3) is 0 Å². The summed E-state index contributed by atoms with van der Waals surface area (Å²) in [5.41, 5.74) is 0.901. The summed E-state index contributed by atoms with van der Waals surface area (Å²) in [6.07, 6.45) is 1.00. The lowest BCUT2D eigenvalue weighted by molar-refractivity contribution is -0.139. The quantitative estimate of drug-likeness (QED) is 0.468. The van der Waals surface area contributed by atoms with Crippen LogP contribution >= 0.6 is 0 Å². The Morgan fingerprint density at radius 2 is 1.66 bits per heavy atom. The normalized spacial score (nSPS) is 11.8. The Morgan fingerprint density at radius 1 is 1.00 bits per heavy atom. The molecule has 0 aromatic heterocycles. The van der Waals surface area contributed by atoms with E-state index in [-0.39, 0.29) is 23.9 Å². The summed E-state index contributed by atoms with van der Waals surface area (Å²) >= 11 is 0. The average molecular weight is 508 g/mol. The molecule has 0 unspecified atom stereocenters. The van der Waals surface area contributed by atoms with E-state index in [4.69, 9.17) is 14.2 Å². The van der Waals surface area contributed by atoms with Crippen LogP contribution in [-0.2, 0) is 26.2 Å². The summed E-state index contributed by atoms with van der Waals surface area (Å²) in [4.78, 5) is 27.5. The summed E-state index contributed by atoms with van der Waals surface area (Å²) in [6, 6.07) is 10.9. The molecule has 0 aliphatic rings. The Labute approximate surface area is 206 Å². The van der Waals surface area contributed by atoms with Gasteiger partial charge in [-0.25, -0.2) is 8.42 Å². The van der Waals surface area contributed by atoms with Crippen LogP contribution in [0.3, 0.4) is 0 Å². The third-order valence-corrected chi connectivity index (χ3v) is 6.47. The third-order valence-electron chi connectivity index (χ3n) is 5.34. The van der Waals surface area contributed by atoms with Crippen molar-refractivity contribution < 1.29 is 32.2 Å². The van der Waals surface area contributed by atoms with Gasteiger partial charge in [0.15, 0.2) is 0 Å². The molecule has 2 amide bonds. The molecule has 35 heavy (non-hydrogen) atoms. The Balaban J connectivity index is 2.46. The van der Waals surface area contributed by atoms with Gasteiger partial charge in [-0.3, -0.25) is 13.9 Å². The lowest BCUT2D eigenvalue weighted by atomic mass is 10.1. The number of carbonyl (C=O) groups is 2. The first kappa shape index (κ1) is 27.8. The molecule has 0 bridgehead atoms. The van der Waals surface area contributed by atoms with E-state index in [9.17, 15) is 18.0 Å². The molecule has 0 saturated heterocycles. The standard InChI is InChI=1S/C24H33N3O7S/c1-7-25-24(29)17(2)26(15-18-9-8-10-19(13-18)32-3)23(28)16-27(35(6,30)31)21-12-11-20(33-4)14-22(21)34-5/h8-14,17H,7,15-16H2,1-6H3,(H,25,29)/t17-/m0/s1. The molecular weight excluding hydrogens is 474 g/mol. The van der Waals surface area contributed by atoms with Crippen LogP contribution < -0.4 is 23.8 Å². The number of ether oxygens (including phenoxy) is 3. The summed E-state index contributed by atoms with van der Waals surface area (Å²) in [7, 11) is 0.513. The first-order valence-corrected chi connectivity index (χ1v) is 12.8. The van der Waals surface area contributed by atoms with E-state index in [1.807, 2.05) is 0 Å². The van der Waals surface area contributed by atoms with Gasteiger partial charge in [0.2, 0.25) is 21.8 Å². The first-order chi connectivity index (χ1) is 16.5.